The van der Waals surface area contributed by atoms with Crippen LogP contribution in [0.5, 0.6) is 0 Å². The number of hydrogen-bond acceptors (Lipinski definition) is 20. The normalized spacial score (nSPS) is 21.6. The van der Waals surface area contributed by atoms with Gasteiger partial charge in [0.15, 0.2) is 0 Å². The van der Waals surface area contributed by atoms with Crippen molar-refractivity contribution in [1.82, 2.24) is 101 Å². The molecule has 0 aromatic rings. The number of rotatable bonds is 31. The SMILES string of the molecule is C=CC(=O)NC(C)C(=O)N[C@@H](C)C(=O)NC(C)C(=O)N[C@@H](C)C(=O)NC(C)C(=O)N[C@@H](C)C(=O)N[C@@]1(C)CCC/C=C\CC[C@@](C)(C(=O)N[C@@H](C)C(=O)NC(C)C(=O)N[C@@H](C)C(=O)NC(C)C(=O)N[C@@H](C)C(=O)NC(C)C(=O)N[C@@H](C)C(=O)NC(C)C(N)=O)NC(=O)[C@H](C)NC(=O)CNC(=O)[C@H](C)NC1=O. The van der Waals surface area contributed by atoms with Gasteiger partial charge >= 0.3 is 0 Å². The first-order valence-electron chi connectivity index (χ1n) is 34.4. The minimum atomic E-state index is -1.80. The molecule has 18 atom stereocenters. The number of nitrogens with two attached hydrogens (primary N) is 1. The Labute approximate surface area is 614 Å². The molecule has 40 heteroatoms. The zero-order chi connectivity index (χ0) is 81.6. The molecule has 7 unspecified atom stereocenters. The molecule has 0 fully saturated rings. The standard InChI is InChI=1S/C66H108N20O20/c1-20-45(87)69-31(4)49(91)72-33(6)51(93)74-35(8)53(95)78-39(12)57(99)80-41(14)59(101)82-44(17)62(104)86-65(18)26-24-22-21-23-25-27-66(19,85-61(103)43(16)70-46(88)28-68-48(90)30(3)83-63(65)105)64(106)84-42(15)60(102)81-40(13)58(100)79-38(11)56(98)77-37(10)55(97)76-36(9)54(96)75-34(7)52(94)73-32(5)50(92)71-29(2)47(67)89/h20-21,23,29-44H,1,22,24-28H2,2-19H3,(H2,67,89)(H,68,90)(H,69,87)(H,70,88)(H,71,92)(H,72,91)(H,73,94)(H,74,93)(H,75,96)(H,76,97)(H,77,98)(H,78,95)(H,79,100)(H,80,99)(H,81,102)(H,82,101)(H,83,105)(H,84,106)(H,85,103)(H,86,104)/b23-21-/t29?,30-,31?,32-,33-,34?,35?,36-,37?,38-,39-,40?,41?,42-,43-,44-,65-,66-/m0/s1. The van der Waals surface area contributed by atoms with Gasteiger partial charge in [0.1, 0.15) is 108 Å². The van der Waals surface area contributed by atoms with Crippen molar-refractivity contribution in [2.45, 2.75) is 264 Å². The monoisotopic (exact) mass is 1500 g/mol. The zero-order valence-electron chi connectivity index (χ0n) is 63.2. The summed E-state index contributed by atoms with van der Waals surface area (Å²) in [6, 6.07) is -19.8. The molecular weight excluding hydrogens is 1390 g/mol. The second-order valence-corrected chi connectivity index (χ2v) is 26.5. The van der Waals surface area contributed by atoms with E-state index in [1.807, 2.05) is 0 Å². The smallest absolute Gasteiger partial charge is 0.246 e. The van der Waals surface area contributed by atoms with Gasteiger partial charge in [0.05, 0.1) is 6.54 Å². The van der Waals surface area contributed by atoms with Crippen molar-refractivity contribution in [3.05, 3.63) is 24.8 Å². The summed E-state index contributed by atoms with van der Waals surface area (Å²) in [7, 11) is 0. The average Bonchev–Trinajstić information content (AvgIpc) is 0.834. The Balaban J connectivity index is 3.07. The Hall–Kier alpha value is -11.1. The summed E-state index contributed by atoms with van der Waals surface area (Å²) in [4.78, 5) is 260. The largest absolute Gasteiger partial charge is 0.368 e. The summed E-state index contributed by atoms with van der Waals surface area (Å²) < 4.78 is 0. The predicted molar refractivity (Wildman–Crippen MR) is 379 cm³/mol. The van der Waals surface area contributed by atoms with Crippen LogP contribution in [0.3, 0.4) is 0 Å². The van der Waals surface area contributed by atoms with Crippen LogP contribution in [0.1, 0.15) is 157 Å². The van der Waals surface area contributed by atoms with Gasteiger partial charge in [-0.25, -0.2) is 0 Å². The molecule has 592 valence electrons. The van der Waals surface area contributed by atoms with Gasteiger partial charge in [0.25, 0.3) is 0 Å². The van der Waals surface area contributed by atoms with Crippen LogP contribution in [0.2, 0.25) is 0 Å². The lowest BCUT2D eigenvalue weighted by Gasteiger charge is -2.32. The van der Waals surface area contributed by atoms with E-state index < -0.39 is 232 Å². The highest BCUT2D eigenvalue weighted by atomic mass is 16.2. The van der Waals surface area contributed by atoms with Crippen LogP contribution in [0.4, 0.5) is 0 Å². The first-order chi connectivity index (χ1) is 49.0. The molecule has 1 aliphatic rings. The van der Waals surface area contributed by atoms with Gasteiger partial charge in [-0.15, -0.1) is 0 Å². The molecule has 20 amide bonds. The van der Waals surface area contributed by atoms with E-state index in [0.29, 0.717) is 0 Å². The van der Waals surface area contributed by atoms with Gasteiger partial charge < -0.3 is 107 Å². The summed E-state index contributed by atoms with van der Waals surface area (Å²) in [6.07, 6.45) is 4.68. The third-order valence-electron chi connectivity index (χ3n) is 16.5. The molecule has 0 radical (unpaired) electrons. The molecule has 0 aromatic carbocycles. The zero-order valence-corrected chi connectivity index (χ0v) is 63.2. The maximum Gasteiger partial charge on any atom is 0.246 e. The van der Waals surface area contributed by atoms with Crippen LogP contribution >= 0.6 is 0 Å². The summed E-state index contributed by atoms with van der Waals surface area (Å²) in [6.45, 7) is 26.3. The Bertz CT molecular complexity index is 3350. The van der Waals surface area contributed by atoms with Crippen LogP contribution in [0.25, 0.3) is 0 Å². The third kappa shape index (κ3) is 31.5. The van der Waals surface area contributed by atoms with Crippen molar-refractivity contribution in [2.24, 2.45) is 5.73 Å². The molecule has 21 N–H and O–H groups in total. The van der Waals surface area contributed by atoms with E-state index in [1.54, 1.807) is 12.2 Å². The van der Waals surface area contributed by atoms with Gasteiger partial charge in [-0.3, -0.25) is 95.9 Å². The highest BCUT2D eigenvalue weighted by Crippen LogP contribution is 2.19. The average molecular weight is 1500 g/mol. The number of nitrogens with one attached hydrogen (secondary N) is 19. The number of amides is 20. The molecule has 0 spiro atoms. The van der Waals surface area contributed by atoms with Gasteiger partial charge in [-0.05, 0) is 163 Å². The minimum Gasteiger partial charge on any atom is -0.368 e. The maximum atomic E-state index is 14.2. The molecule has 1 aliphatic heterocycles. The molecule has 0 aromatic heterocycles. The molecular formula is C66H108N20O20. The molecule has 40 nitrogen and oxygen atoms in total. The van der Waals surface area contributed by atoms with Crippen molar-refractivity contribution in [3.63, 3.8) is 0 Å². The molecule has 1 rings (SSSR count). The third-order valence-corrected chi connectivity index (χ3v) is 16.5. The lowest BCUT2D eigenvalue weighted by atomic mass is 9.91. The van der Waals surface area contributed by atoms with Crippen molar-refractivity contribution in [3.8, 4) is 0 Å². The van der Waals surface area contributed by atoms with E-state index in [-0.39, 0.29) is 32.1 Å². The molecule has 0 bridgehead atoms. The Morgan fingerprint density at radius 1 is 0.406 bits per heavy atom. The van der Waals surface area contributed by atoms with Gasteiger partial charge in [-0.2, -0.15) is 0 Å². The van der Waals surface area contributed by atoms with E-state index in [4.69, 9.17) is 5.73 Å². The lowest BCUT2D eigenvalue weighted by molar-refractivity contribution is -0.137. The van der Waals surface area contributed by atoms with Crippen LogP contribution in [0.15, 0.2) is 24.8 Å². The number of carbonyl (C=O) groups is 20. The highest BCUT2D eigenvalue weighted by Gasteiger charge is 2.40. The quantitative estimate of drug-likeness (QED) is 0.0226. The number of allylic oxidation sites excluding steroid dienone is 2. The van der Waals surface area contributed by atoms with Crippen LogP contribution in [-0.2, 0) is 95.9 Å². The Morgan fingerprint density at radius 3 is 1.01 bits per heavy atom. The van der Waals surface area contributed by atoms with Crippen LogP contribution < -0.4 is 107 Å². The van der Waals surface area contributed by atoms with Crippen LogP contribution in [-0.4, -0.2) is 232 Å². The van der Waals surface area contributed by atoms with Crippen LogP contribution in [0, 0.1) is 0 Å². The van der Waals surface area contributed by atoms with E-state index in [2.05, 4.69) is 108 Å². The first kappa shape index (κ1) is 92.9. The van der Waals surface area contributed by atoms with E-state index >= 15 is 0 Å². The van der Waals surface area contributed by atoms with Crippen molar-refractivity contribution in [1.29, 1.82) is 0 Å². The van der Waals surface area contributed by atoms with E-state index in [0.717, 1.165) is 6.08 Å². The summed E-state index contributed by atoms with van der Waals surface area (Å²) in [5, 5.41) is 46.2. The van der Waals surface area contributed by atoms with E-state index in [9.17, 15) is 95.9 Å². The number of carbonyl (C=O) groups excluding carboxylic acids is 20. The predicted octanol–water partition coefficient (Wildman–Crippen LogP) is -7.88. The lowest BCUT2D eigenvalue weighted by Crippen LogP contribution is -2.63. The minimum absolute atomic E-state index is 0.0777. The topological polar surface area (TPSA) is 596 Å². The summed E-state index contributed by atoms with van der Waals surface area (Å²) >= 11 is 0. The maximum absolute atomic E-state index is 14.2. The first-order valence-corrected chi connectivity index (χ1v) is 34.4. The fourth-order valence-corrected chi connectivity index (χ4v) is 9.12. The van der Waals surface area contributed by atoms with E-state index in [1.165, 1.54) is 125 Å². The number of hydrogen-bond donors (Lipinski definition) is 20. The fraction of sp³-hybridized carbons (Fsp3) is 0.636. The molecule has 0 saturated heterocycles. The van der Waals surface area contributed by atoms with Gasteiger partial charge in [-0.1, -0.05) is 18.7 Å². The summed E-state index contributed by atoms with van der Waals surface area (Å²) in [5.74, 6) is -16.3. The van der Waals surface area contributed by atoms with Gasteiger partial charge in [0.2, 0.25) is 118 Å². The molecule has 0 saturated carbocycles. The summed E-state index contributed by atoms with van der Waals surface area (Å²) in [5.41, 5.74) is 1.57. The number of primary amides is 1. The molecule has 1 heterocycles. The Morgan fingerprint density at radius 2 is 0.689 bits per heavy atom. The van der Waals surface area contributed by atoms with Crippen molar-refractivity contribution >= 4 is 118 Å². The second-order valence-electron chi connectivity index (χ2n) is 26.5. The molecule has 0 aliphatic carbocycles. The highest BCUT2D eigenvalue weighted by molar-refractivity contribution is 6.02. The van der Waals surface area contributed by atoms with Crippen molar-refractivity contribution < 1.29 is 95.9 Å². The second kappa shape index (κ2) is 43.2. The fourth-order valence-electron chi connectivity index (χ4n) is 9.12. The van der Waals surface area contributed by atoms with Gasteiger partial charge in [0, 0.05) is 0 Å². The molecule has 106 heavy (non-hydrogen) atoms. The van der Waals surface area contributed by atoms with Crippen molar-refractivity contribution in [2.75, 3.05) is 6.54 Å². The Kier molecular flexibility index (Phi) is 37.9.